The summed E-state index contributed by atoms with van der Waals surface area (Å²) in [6.07, 6.45) is -4.49. The van der Waals surface area contributed by atoms with E-state index in [1.165, 1.54) is 12.1 Å². The minimum Gasteiger partial charge on any atom is -0.308 e. The molecule has 0 aliphatic carbocycles. The maximum atomic E-state index is 12.6. The minimum absolute atomic E-state index is 0.0479. The highest BCUT2D eigenvalue weighted by atomic mass is 35.5. The highest BCUT2D eigenvalue weighted by molar-refractivity contribution is 7.56. The lowest BCUT2D eigenvalue weighted by atomic mass is 10.1. The van der Waals surface area contributed by atoms with Crippen molar-refractivity contribution in [3.05, 3.63) is 35.4 Å². The maximum absolute atomic E-state index is 12.6. The zero-order valence-corrected chi connectivity index (χ0v) is 12.6. The second kappa shape index (κ2) is 6.94. The van der Waals surface area contributed by atoms with Gasteiger partial charge in [0.2, 0.25) is 0 Å². The molecule has 1 atom stereocenters. The van der Waals surface area contributed by atoms with Crippen LogP contribution in [0.3, 0.4) is 0 Å². The quantitative estimate of drug-likeness (QED) is 0.530. The van der Waals surface area contributed by atoms with E-state index in [9.17, 15) is 17.7 Å². The van der Waals surface area contributed by atoms with Gasteiger partial charge in [-0.3, -0.25) is 4.57 Å². The van der Waals surface area contributed by atoms with Gasteiger partial charge in [0.25, 0.3) is 0 Å². The molecule has 20 heavy (non-hydrogen) atoms. The second-order valence-electron chi connectivity index (χ2n) is 3.83. The van der Waals surface area contributed by atoms with Crippen LogP contribution in [0, 0.1) is 0 Å². The molecule has 1 aromatic carbocycles. The first kappa shape index (κ1) is 17.5. The number of rotatable bonds is 6. The van der Waals surface area contributed by atoms with Crippen molar-refractivity contribution < 1.29 is 26.8 Å². The fourth-order valence-electron chi connectivity index (χ4n) is 1.57. The van der Waals surface area contributed by atoms with Crippen molar-refractivity contribution in [3.63, 3.8) is 0 Å². The third-order valence-corrected chi connectivity index (χ3v) is 5.44. The smallest absolute Gasteiger partial charge is 0.308 e. The van der Waals surface area contributed by atoms with Crippen molar-refractivity contribution in [2.75, 3.05) is 13.2 Å². The Morgan fingerprint density at radius 3 is 2.25 bits per heavy atom. The van der Waals surface area contributed by atoms with Gasteiger partial charge in [-0.1, -0.05) is 12.1 Å². The van der Waals surface area contributed by atoms with Gasteiger partial charge >= 0.3 is 13.8 Å². The lowest BCUT2D eigenvalue weighted by Gasteiger charge is -2.22. The molecule has 0 bridgehead atoms. The van der Waals surface area contributed by atoms with Gasteiger partial charge in [0.1, 0.15) is 0 Å². The van der Waals surface area contributed by atoms with Crippen molar-refractivity contribution in [2.45, 2.75) is 25.1 Å². The first-order chi connectivity index (χ1) is 9.24. The number of hydrogen-bond acceptors (Lipinski definition) is 3. The summed E-state index contributed by atoms with van der Waals surface area (Å²) < 4.78 is 60.4. The predicted octanol–water partition coefficient (Wildman–Crippen LogP) is 5.21. The van der Waals surface area contributed by atoms with E-state index in [2.05, 4.69) is 0 Å². The lowest BCUT2D eigenvalue weighted by molar-refractivity contribution is -0.137. The van der Waals surface area contributed by atoms with Crippen molar-refractivity contribution in [3.8, 4) is 0 Å². The number of alkyl halides is 4. The van der Waals surface area contributed by atoms with Gasteiger partial charge in [0.05, 0.1) is 18.8 Å². The van der Waals surface area contributed by atoms with E-state index < -0.39 is 24.5 Å². The maximum Gasteiger partial charge on any atom is 0.416 e. The molecule has 0 fully saturated rings. The SMILES string of the molecule is CCOP(=O)(OCC)C(Cl)c1cccc(C(F)(F)F)c1. The summed E-state index contributed by atoms with van der Waals surface area (Å²) in [5.41, 5.74) is -0.813. The van der Waals surface area contributed by atoms with Crippen LogP contribution >= 0.6 is 19.2 Å². The van der Waals surface area contributed by atoms with Crippen LogP contribution in [0.1, 0.15) is 30.1 Å². The van der Waals surface area contributed by atoms with Gasteiger partial charge < -0.3 is 9.05 Å². The average molecular weight is 331 g/mol. The largest absolute Gasteiger partial charge is 0.416 e. The van der Waals surface area contributed by atoms with Crippen molar-refractivity contribution in [2.24, 2.45) is 0 Å². The molecule has 8 heteroatoms. The molecular formula is C12H15ClF3O3P. The van der Waals surface area contributed by atoms with Crippen molar-refractivity contribution >= 4 is 19.2 Å². The molecule has 0 aromatic heterocycles. The normalized spacial score (nSPS) is 14.3. The molecule has 0 N–H and O–H groups in total. The molecule has 0 radical (unpaired) electrons. The Morgan fingerprint density at radius 2 is 1.80 bits per heavy atom. The molecule has 114 valence electrons. The first-order valence-corrected chi connectivity index (χ1v) is 7.99. The molecule has 3 nitrogen and oxygen atoms in total. The molecule has 1 unspecified atom stereocenters. The third kappa shape index (κ3) is 4.22. The number of hydrogen-bond donors (Lipinski definition) is 0. The lowest BCUT2D eigenvalue weighted by Crippen LogP contribution is -2.07. The van der Waals surface area contributed by atoms with Gasteiger partial charge in [-0.05, 0) is 31.5 Å². The molecule has 0 spiro atoms. The van der Waals surface area contributed by atoms with E-state index in [4.69, 9.17) is 20.6 Å². The average Bonchev–Trinajstić information content (AvgIpc) is 2.37. The number of halogens is 4. The summed E-state index contributed by atoms with van der Waals surface area (Å²) in [5, 5.41) is -1.29. The highest BCUT2D eigenvalue weighted by Gasteiger charge is 2.37. The zero-order chi connectivity index (χ0) is 15.4. The summed E-state index contributed by atoms with van der Waals surface area (Å²) in [7, 11) is -3.71. The van der Waals surface area contributed by atoms with Crippen LogP contribution in [-0.2, 0) is 19.8 Å². The molecule has 1 aromatic rings. The van der Waals surface area contributed by atoms with E-state index in [0.717, 1.165) is 12.1 Å². The fourth-order valence-corrected chi connectivity index (χ4v) is 3.63. The van der Waals surface area contributed by atoms with Crippen LogP contribution in [-0.4, -0.2) is 13.2 Å². The summed E-state index contributed by atoms with van der Waals surface area (Å²) in [6.45, 7) is 3.36. The van der Waals surface area contributed by atoms with Crippen LogP contribution in [0.15, 0.2) is 24.3 Å². The molecule has 0 saturated carbocycles. The Morgan fingerprint density at radius 1 is 1.25 bits per heavy atom. The van der Waals surface area contributed by atoms with Crippen LogP contribution in [0.4, 0.5) is 13.2 Å². The fraction of sp³-hybridized carbons (Fsp3) is 0.500. The Bertz CT molecular complexity index is 483. The topological polar surface area (TPSA) is 35.5 Å². The molecular weight excluding hydrogens is 316 g/mol. The van der Waals surface area contributed by atoms with Crippen LogP contribution in [0.5, 0.6) is 0 Å². The third-order valence-electron chi connectivity index (χ3n) is 2.38. The predicted molar refractivity (Wildman–Crippen MR) is 70.9 cm³/mol. The van der Waals surface area contributed by atoms with Gasteiger partial charge in [0.15, 0.2) is 5.12 Å². The highest BCUT2D eigenvalue weighted by Crippen LogP contribution is 2.63. The van der Waals surface area contributed by atoms with Gasteiger partial charge in [-0.2, -0.15) is 13.2 Å². The van der Waals surface area contributed by atoms with Crippen molar-refractivity contribution in [1.29, 1.82) is 0 Å². The van der Waals surface area contributed by atoms with Gasteiger partial charge in [-0.15, -0.1) is 11.6 Å². The molecule has 0 aliphatic rings. The molecule has 0 saturated heterocycles. The van der Waals surface area contributed by atoms with Gasteiger partial charge in [-0.25, -0.2) is 0 Å². The number of benzene rings is 1. The molecule has 0 heterocycles. The summed E-state index contributed by atoms with van der Waals surface area (Å²) >= 11 is 6.01. The van der Waals surface area contributed by atoms with E-state index in [0.29, 0.717) is 0 Å². The zero-order valence-electron chi connectivity index (χ0n) is 11.0. The second-order valence-corrected chi connectivity index (χ2v) is 6.69. The van der Waals surface area contributed by atoms with E-state index in [1.54, 1.807) is 13.8 Å². The van der Waals surface area contributed by atoms with E-state index in [-0.39, 0.29) is 18.8 Å². The van der Waals surface area contributed by atoms with E-state index in [1.807, 2.05) is 0 Å². The summed E-state index contributed by atoms with van der Waals surface area (Å²) in [6, 6.07) is 4.33. The Kier molecular flexibility index (Phi) is 6.07. The van der Waals surface area contributed by atoms with Crippen molar-refractivity contribution in [1.82, 2.24) is 0 Å². The Balaban J connectivity index is 3.12. The monoisotopic (exact) mass is 330 g/mol. The van der Waals surface area contributed by atoms with Crippen LogP contribution in [0.2, 0.25) is 0 Å². The standard InChI is InChI=1S/C12H15ClF3O3P/c1-3-18-20(17,19-4-2)11(13)9-6-5-7-10(8-9)12(14,15)16/h5-8,11H,3-4H2,1-2H3. The van der Waals surface area contributed by atoms with Crippen LogP contribution in [0.25, 0.3) is 0 Å². The van der Waals surface area contributed by atoms with Gasteiger partial charge in [0, 0.05) is 0 Å². The molecule has 1 rings (SSSR count). The van der Waals surface area contributed by atoms with Crippen LogP contribution < -0.4 is 0 Å². The van der Waals surface area contributed by atoms with E-state index >= 15 is 0 Å². The first-order valence-electron chi connectivity index (χ1n) is 5.94. The Labute approximate surface area is 120 Å². The summed E-state index contributed by atoms with van der Waals surface area (Å²) in [4.78, 5) is 0. The molecule has 0 amide bonds. The summed E-state index contributed by atoms with van der Waals surface area (Å²) in [5.74, 6) is 0. The minimum atomic E-state index is -4.49. The molecule has 0 aliphatic heterocycles. The Hall–Kier alpha value is -0.550.